The van der Waals surface area contributed by atoms with Crippen molar-refractivity contribution < 1.29 is 9.59 Å². The maximum Gasteiger partial charge on any atom is 0.239 e. The summed E-state index contributed by atoms with van der Waals surface area (Å²) < 4.78 is 2.94. The number of amides is 2. The number of halogens is 1. The Kier molecular flexibility index (Phi) is 7.91. The molecule has 0 fully saturated rings. The van der Waals surface area contributed by atoms with Crippen molar-refractivity contribution in [3.05, 3.63) is 63.5 Å². The number of nitrogens with one attached hydrogen (secondary N) is 1. The van der Waals surface area contributed by atoms with Crippen LogP contribution in [-0.2, 0) is 16.1 Å². The number of hydrogen-bond acceptors (Lipinski definition) is 5. The van der Waals surface area contributed by atoms with E-state index in [1.54, 1.807) is 22.4 Å². The molecule has 3 rings (SSSR count). The molecule has 2 amide bonds. The van der Waals surface area contributed by atoms with Gasteiger partial charge in [-0.25, -0.2) is 4.98 Å². The van der Waals surface area contributed by atoms with Crippen LogP contribution in [-0.4, -0.2) is 45.1 Å². The average molecular weight is 493 g/mol. The molecule has 9 heteroatoms. The van der Waals surface area contributed by atoms with Crippen molar-refractivity contribution in [1.29, 1.82) is 0 Å². The Morgan fingerprint density at radius 1 is 1.28 bits per heavy atom. The molecule has 2 aromatic heterocycles. The first-order valence-corrected chi connectivity index (χ1v) is 11.7. The summed E-state index contributed by atoms with van der Waals surface area (Å²) in [4.78, 5) is 31.8. The third-order valence-corrected chi connectivity index (χ3v) is 6.50. The summed E-state index contributed by atoms with van der Waals surface area (Å²) in [5.41, 5.74) is 0.973. The minimum atomic E-state index is -0.157. The van der Waals surface area contributed by atoms with Gasteiger partial charge in [0.05, 0.1) is 18.8 Å². The number of aromatic nitrogens is 2. The highest BCUT2D eigenvalue weighted by molar-refractivity contribution is 9.10. The Balaban J connectivity index is 1.53. The Morgan fingerprint density at radius 3 is 2.76 bits per heavy atom. The highest BCUT2D eigenvalue weighted by Crippen LogP contribution is 2.22. The molecule has 29 heavy (non-hydrogen) atoms. The zero-order chi connectivity index (χ0) is 20.6. The van der Waals surface area contributed by atoms with Gasteiger partial charge >= 0.3 is 0 Å². The first-order valence-electron chi connectivity index (χ1n) is 9.05. The number of rotatable bonds is 9. The summed E-state index contributed by atoms with van der Waals surface area (Å²) in [7, 11) is 0. The van der Waals surface area contributed by atoms with E-state index >= 15 is 0 Å². The fraction of sp³-hybridized carbons (Fsp3) is 0.250. The van der Waals surface area contributed by atoms with Gasteiger partial charge in [-0.1, -0.05) is 33.8 Å². The lowest BCUT2D eigenvalue weighted by molar-refractivity contribution is -0.133. The Morgan fingerprint density at radius 2 is 2.07 bits per heavy atom. The van der Waals surface area contributed by atoms with Crippen LogP contribution in [0.4, 0.5) is 0 Å². The van der Waals surface area contributed by atoms with Crippen molar-refractivity contribution in [2.45, 2.75) is 18.6 Å². The molecule has 0 saturated heterocycles. The van der Waals surface area contributed by atoms with E-state index in [1.165, 1.54) is 11.8 Å². The quantitative estimate of drug-likeness (QED) is 0.459. The number of imidazole rings is 1. The van der Waals surface area contributed by atoms with E-state index in [1.807, 2.05) is 59.5 Å². The molecule has 0 aliphatic rings. The van der Waals surface area contributed by atoms with Crippen LogP contribution < -0.4 is 5.32 Å². The summed E-state index contributed by atoms with van der Waals surface area (Å²) in [5, 5.41) is 5.57. The van der Waals surface area contributed by atoms with Crippen molar-refractivity contribution >= 4 is 50.8 Å². The van der Waals surface area contributed by atoms with Gasteiger partial charge < -0.3 is 10.2 Å². The van der Waals surface area contributed by atoms with Crippen LogP contribution in [0, 0.1) is 0 Å². The largest absolute Gasteiger partial charge is 0.350 e. The molecule has 2 heterocycles. The maximum absolute atomic E-state index is 12.6. The second-order valence-corrected chi connectivity index (χ2v) is 9.00. The van der Waals surface area contributed by atoms with E-state index in [4.69, 9.17) is 0 Å². The molecule has 0 bridgehead atoms. The minimum Gasteiger partial charge on any atom is -0.350 e. The fourth-order valence-corrected chi connectivity index (χ4v) is 4.40. The van der Waals surface area contributed by atoms with Gasteiger partial charge in [0.2, 0.25) is 11.8 Å². The lowest BCUT2D eigenvalue weighted by Crippen LogP contribution is -2.41. The van der Waals surface area contributed by atoms with Gasteiger partial charge in [-0.15, -0.1) is 11.3 Å². The number of thiophene rings is 1. The van der Waals surface area contributed by atoms with Crippen LogP contribution in [0.3, 0.4) is 0 Å². The number of carbonyl (C=O) groups excluding carboxylic acids is 2. The van der Waals surface area contributed by atoms with Gasteiger partial charge in [0.25, 0.3) is 0 Å². The van der Waals surface area contributed by atoms with Gasteiger partial charge in [0.15, 0.2) is 5.16 Å². The molecule has 0 saturated carbocycles. The summed E-state index contributed by atoms with van der Waals surface area (Å²) in [6, 6.07) is 11.8. The number of thioether (sulfide) groups is 1. The Hall–Kier alpha value is -2.10. The van der Waals surface area contributed by atoms with Gasteiger partial charge in [-0.3, -0.25) is 14.2 Å². The van der Waals surface area contributed by atoms with Gasteiger partial charge in [0, 0.05) is 34.0 Å². The normalized spacial score (nSPS) is 10.7. The summed E-state index contributed by atoms with van der Waals surface area (Å²) in [5.74, 6) is -0.0244. The number of benzene rings is 1. The molecule has 6 nitrogen and oxygen atoms in total. The van der Waals surface area contributed by atoms with Crippen molar-refractivity contribution in [3.8, 4) is 5.69 Å². The monoisotopic (exact) mass is 492 g/mol. The standard InChI is InChI=1S/C20H21BrN4O2S2/c1-2-24(13-18(26)23-12-17-4-3-11-28-17)19(27)14-29-20-22-9-10-25(20)16-7-5-15(21)6-8-16/h3-11H,2,12-14H2,1H3,(H,23,26). The van der Waals surface area contributed by atoms with Crippen LogP contribution in [0.1, 0.15) is 11.8 Å². The first kappa shape index (κ1) is 21.6. The molecular formula is C20H21BrN4O2S2. The minimum absolute atomic E-state index is 0.0580. The van der Waals surface area contributed by atoms with Crippen LogP contribution >= 0.6 is 39.0 Å². The van der Waals surface area contributed by atoms with Gasteiger partial charge in [-0.2, -0.15) is 0 Å². The molecule has 0 unspecified atom stereocenters. The molecule has 0 aliphatic carbocycles. The number of carbonyl (C=O) groups is 2. The fourth-order valence-electron chi connectivity index (χ4n) is 2.62. The zero-order valence-corrected chi connectivity index (χ0v) is 19.1. The second kappa shape index (κ2) is 10.6. The predicted molar refractivity (Wildman–Crippen MR) is 120 cm³/mol. The zero-order valence-electron chi connectivity index (χ0n) is 15.9. The molecular weight excluding hydrogens is 472 g/mol. The van der Waals surface area contributed by atoms with Crippen LogP contribution in [0.5, 0.6) is 0 Å². The van der Waals surface area contributed by atoms with E-state index in [9.17, 15) is 9.59 Å². The molecule has 152 valence electrons. The summed E-state index contributed by atoms with van der Waals surface area (Å²) in [6.45, 7) is 2.90. The van der Waals surface area contributed by atoms with Gasteiger partial charge in [-0.05, 0) is 42.6 Å². The average Bonchev–Trinajstić information content (AvgIpc) is 3.41. The van der Waals surface area contributed by atoms with E-state index in [0.29, 0.717) is 13.1 Å². The highest BCUT2D eigenvalue weighted by Gasteiger charge is 2.17. The molecule has 1 aromatic carbocycles. The molecule has 0 spiro atoms. The molecule has 0 radical (unpaired) electrons. The van der Waals surface area contributed by atoms with Crippen molar-refractivity contribution in [3.63, 3.8) is 0 Å². The van der Waals surface area contributed by atoms with Gasteiger partial charge in [0.1, 0.15) is 0 Å². The first-order chi connectivity index (χ1) is 14.1. The topological polar surface area (TPSA) is 67.2 Å². The van der Waals surface area contributed by atoms with Crippen LogP contribution in [0.15, 0.2) is 63.8 Å². The molecule has 0 aliphatic heterocycles. The molecule has 1 N–H and O–H groups in total. The SMILES string of the molecule is CCN(CC(=O)NCc1cccs1)C(=O)CSc1nccn1-c1ccc(Br)cc1. The van der Waals surface area contributed by atoms with Crippen molar-refractivity contribution in [2.24, 2.45) is 0 Å². The summed E-state index contributed by atoms with van der Waals surface area (Å²) in [6.07, 6.45) is 3.58. The highest BCUT2D eigenvalue weighted by atomic mass is 79.9. The smallest absolute Gasteiger partial charge is 0.239 e. The number of hydrogen-bond donors (Lipinski definition) is 1. The van der Waals surface area contributed by atoms with Crippen molar-refractivity contribution in [1.82, 2.24) is 19.8 Å². The van der Waals surface area contributed by atoms with E-state index in [2.05, 4.69) is 26.2 Å². The Bertz CT molecular complexity index is 942. The number of likely N-dealkylation sites (N-methyl/N-ethyl adjacent to an activating group) is 1. The predicted octanol–water partition coefficient (Wildman–Crippen LogP) is 3.95. The maximum atomic E-state index is 12.6. The lowest BCUT2D eigenvalue weighted by atomic mass is 10.3. The van der Waals surface area contributed by atoms with Crippen LogP contribution in [0.25, 0.3) is 5.69 Å². The molecule has 0 atom stereocenters. The second-order valence-electron chi connectivity index (χ2n) is 6.11. The van der Waals surface area contributed by atoms with E-state index in [0.717, 1.165) is 20.2 Å². The molecule has 3 aromatic rings. The van der Waals surface area contributed by atoms with E-state index < -0.39 is 0 Å². The summed E-state index contributed by atoms with van der Waals surface area (Å²) >= 11 is 6.38. The Labute approximate surface area is 186 Å². The van der Waals surface area contributed by atoms with Crippen molar-refractivity contribution in [2.75, 3.05) is 18.8 Å². The lowest BCUT2D eigenvalue weighted by Gasteiger charge is -2.20. The third-order valence-electron chi connectivity index (χ3n) is 4.15. The third kappa shape index (κ3) is 6.19. The van der Waals surface area contributed by atoms with E-state index in [-0.39, 0.29) is 24.1 Å². The number of nitrogens with zero attached hydrogens (tertiary/aromatic N) is 3. The van der Waals surface area contributed by atoms with Crippen LogP contribution in [0.2, 0.25) is 0 Å².